The quantitative estimate of drug-likeness (QED) is 0.771. The lowest BCUT2D eigenvalue weighted by Crippen LogP contribution is -2.44. The third-order valence-corrected chi connectivity index (χ3v) is 4.04. The predicted octanol–water partition coefficient (Wildman–Crippen LogP) is 2.53. The minimum Gasteiger partial charge on any atom is -0.314 e. The zero-order chi connectivity index (χ0) is 12.7. The zero-order valence-corrected chi connectivity index (χ0v) is 11.6. The lowest BCUT2D eigenvalue weighted by Gasteiger charge is -2.37. The molecule has 1 aliphatic rings. The van der Waals surface area contributed by atoms with Crippen molar-refractivity contribution in [2.45, 2.75) is 70.5 Å². The van der Waals surface area contributed by atoms with Crippen LogP contribution in [0.1, 0.15) is 52.4 Å². The number of hydrogen-bond donors (Lipinski definition) is 1. The normalized spacial score (nSPS) is 26.8. The SMILES string of the molecule is CCCNC1CCC(N(C)C(C)CC#N)CC1. The molecular formula is C14H27N3. The van der Waals surface area contributed by atoms with Gasteiger partial charge in [0.2, 0.25) is 0 Å². The lowest BCUT2D eigenvalue weighted by atomic mass is 9.89. The monoisotopic (exact) mass is 237 g/mol. The summed E-state index contributed by atoms with van der Waals surface area (Å²) >= 11 is 0. The van der Waals surface area contributed by atoms with E-state index in [2.05, 4.69) is 37.2 Å². The van der Waals surface area contributed by atoms with Gasteiger partial charge in [0.25, 0.3) is 0 Å². The van der Waals surface area contributed by atoms with Crippen LogP contribution in [-0.2, 0) is 0 Å². The van der Waals surface area contributed by atoms with Gasteiger partial charge in [-0.3, -0.25) is 4.90 Å². The van der Waals surface area contributed by atoms with E-state index in [9.17, 15) is 0 Å². The molecular weight excluding hydrogens is 210 g/mol. The van der Waals surface area contributed by atoms with E-state index in [1.807, 2.05) is 0 Å². The molecule has 1 atom stereocenters. The average molecular weight is 237 g/mol. The molecule has 0 aromatic rings. The molecule has 1 saturated carbocycles. The van der Waals surface area contributed by atoms with Crippen molar-refractivity contribution in [1.29, 1.82) is 5.26 Å². The maximum absolute atomic E-state index is 8.74. The highest BCUT2D eigenvalue weighted by Crippen LogP contribution is 2.24. The van der Waals surface area contributed by atoms with Crippen molar-refractivity contribution < 1.29 is 0 Å². The topological polar surface area (TPSA) is 39.1 Å². The fraction of sp³-hybridized carbons (Fsp3) is 0.929. The molecule has 1 rings (SSSR count). The first-order valence-corrected chi connectivity index (χ1v) is 7.01. The summed E-state index contributed by atoms with van der Waals surface area (Å²) in [5.41, 5.74) is 0. The van der Waals surface area contributed by atoms with Gasteiger partial charge in [0.05, 0.1) is 12.5 Å². The summed E-state index contributed by atoms with van der Waals surface area (Å²) in [5.74, 6) is 0. The first-order valence-electron chi connectivity index (χ1n) is 7.01. The van der Waals surface area contributed by atoms with Crippen LogP contribution in [0.2, 0.25) is 0 Å². The third-order valence-electron chi connectivity index (χ3n) is 4.04. The fourth-order valence-corrected chi connectivity index (χ4v) is 2.67. The maximum atomic E-state index is 8.74. The molecule has 1 N–H and O–H groups in total. The molecule has 3 heteroatoms. The van der Waals surface area contributed by atoms with E-state index in [0.29, 0.717) is 18.5 Å². The van der Waals surface area contributed by atoms with E-state index in [4.69, 9.17) is 5.26 Å². The smallest absolute Gasteiger partial charge is 0.0638 e. The van der Waals surface area contributed by atoms with Crippen LogP contribution in [0.15, 0.2) is 0 Å². The minimum absolute atomic E-state index is 0.394. The predicted molar refractivity (Wildman–Crippen MR) is 71.8 cm³/mol. The molecule has 98 valence electrons. The molecule has 0 aromatic carbocycles. The molecule has 17 heavy (non-hydrogen) atoms. The first kappa shape index (κ1) is 14.5. The number of nitrogens with one attached hydrogen (secondary N) is 1. The van der Waals surface area contributed by atoms with Gasteiger partial charge >= 0.3 is 0 Å². The highest BCUT2D eigenvalue weighted by Gasteiger charge is 2.25. The molecule has 0 bridgehead atoms. The second-order valence-corrected chi connectivity index (χ2v) is 5.34. The molecule has 1 unspecified atom stereocenters. The number of nitriles is 1. The van der Waals surface area contributed by atoms with Gasteiger partial charge in [-0.05, 0) is 52.6 Å². The van der Waals surface area contributed by atoms with Crippen LogP contribution in [0.25, 0.3) is 0 Å². The fourth-order valence-electron chi connectivity index (χ4n) is 2.67. The van der Waals surface area contributed by atoms with E-state index >= 15 is 0 Å². The third kappa shape index (κ3) is 4.65. The van der Waals surface area contributed by atoms with Gasteiger partial charge in [-0.25, -0.2) is 0 Å². The van der Waals surface area contributed by atoms with Gasteiger partial charge in [0.1, 0.15) is 0 Å². The van der Waals surface area contributed by atoms with Gasteiger partial charge in [-0.15, -0.1) is 0 Å². The van der Waals surface area contributed by atoms with Crippen LogP contribution < -0.4 is 5.32 Å². The molecule has 0 spiro atoms. The summed E-state index contributed by atoms with van der Waals surface area (Å²) in [5, 5.41) is 12.4. The summed E-state index contributed by atoms with van der Waals surface area (Å²) in [6.45, 7) is 5.52. The molecule has 0 heterocycles. The van der Waals surface area contributed by atoms with E-state index in [0.717, 1.165) is 12.6 Å². The van der Waals surface area contributed by atoms with Crippen LogP contribution >= 0.6 is 0 Å². The molecule has 0 radical (unpaired) electrons. The molecule has 1 aliphatic carbocycles. The van der Waals surface area contributed by atoms with E-state index in [-0.39, 0.29) is 0 Å². The van der Waals surface area contributed by atoms with Crippen molar-refractivity contribution in [3.63, 3.8) is 0 Å². The highest BCUT2D eigenvalue weighted by atomic mass is 15.2. The zero-order valence-electron chi connectivity index (χ0n) is 11.6. The van der Waals surface area contributed by atoms with Crippen molar-refractivity contribution >= 4 is 0 Å². The van der Waals surface area contributed by atoms with Crippen LogP contribution in [0.4, 0.5) is 0 Å². The van der Waals surface area contributed by atoms with Gasteiger partial charge in [-0.1, -0.05) is 6.92 Å². The Bertz CT molecular complexity index is 238. The Hall–Kier alpha value is -0.590. The molecule has 0 aliphatic heterocycles. The van der Waals surface area contributed by atoms with E-state index in [1.165, 1.54) is 32.1 Å². The standard InChI is InChI=1S/C14H27N3/c1-4-11-16-13-5-7-14(8-6-13)17(3)12(2)9-10-15/h12-14,16H,4-9,11H2,1-3H3. The number of nitrogens with zero attached hydrogens (tertiary/aromatic N) is 2. The molecule has 0 aromatic heterocycles. The van der Waals surface area contributed by atoms with Crippen molar-refractivity contribution in [1.82, 2.24) is 10.2 Å². The number of rotatable bonds is 6. The van der Waals surface area contributed by atoms with Crippen LogP contribution in [-0.4, -0.2) is 36.6 Å². The van der Waals surface area contributed by atoms with Crippen molar-refractivity contribution in [2.24, 2.45) is 0 Å². The number of hydrogen-bond acceptors (Lipinski definition) is 3. The van der Waals surface area contributed by atoms with Gasteiger partial charge < -0.3 is 5.32 Å². The molecule has 1 fully saturated rings. The average Bonchev–Trinajstić information content (AvgIpc) is 2.36. The van der Waals surface area contributed by atoms with E-state index < -0.39 is 0 Å². The van der Waals surface area contributed by atoms with Crippen molar-refractivity contribution in [2.75, 3.05) is 13.6 Å². The Morgan fingerprint density at radius 1 is 1.35 bits per heavy atom. The maximum Gasteiger partial charge on any atom is 0.0638 e. The second kappa shape index (κ2) is 7.68. The summed E-state index contributed by atoms with van der Waals surface area (Å²) in [6, 6.07) is 4.07. The molecule has 0 amide bonds. The van der Waals surface area contributed by atoms with Crippen LogP contribution in [0, 0.1) is 11.3 Å². The van der Waals surface area contributed by atoms with Gasteiger partial charge in [0, 0.05) is 18.1 Å². The van der Waals surface area contributed by atoms with Gasteiger partial charge in [-0.2, -0.15) is 5.26 Å². The van der Waals surface area contributed by atoms with E-state index in [1.54, 1.807) is 0 Å². The van der Waals surface area contributed by atoms with Crippen molar-refractivity contribution in [3.8, 4) is 6.07 Å². The summed E-state index contributed by atoms with van der Waals surface area (Å²) < 4.78 is 0. The highest BCUT2D eigenvalue weighted by molar-refractivity contribution is 4.86. The Kier molecular flexibility index (Phi) is 6.54. The minimum atomic E-state index is 0.394. The Morgan fingerprint density at radius 3 is 2.53 bits per heavy atom. The van der Waals surface area contributed by atoms with Crippen molar-refractivity contribution in [3.05, 3.63) is 0 Å². The van der Waals surface area contributed by atoms with Crippen LogP contribution in [0.3, 0.4) is 0 Å². The van der Waals surface area contributed by atoms with Gasteiger partial charge in [0.15, 0.2) is 0 Å². The Morgan fingerprint density at radius 2 is 2.00 bits per heavy atom. The summed E-state index contributed by atoms with van der Waals surface area (Å²) in [6.07, 6.45) is 6.98. The summed E-state index contributed by atoms with van der Waals surface area (Å²) in [7, 11) is 2.17. The Balaban J connectivity index is 2.28. The lowest BCUT2D eigenvalue weighted by molar-refractivity contribution is 0.136. The molecule has 3 nitrogen and oxygen atoms in total. The summed E-state index contributed by atoms with van der Waals surface area (Å²) in [4.78, 5) is 2.40. The largest absolute Gasteiger partial charge is 0.314 e. The second-order valence-electron chi connectivity index (χ2n) is 5.34. The Labute approximate surface area is 106 Å². The molecule has 0 saturated heterocycles. The first-order chi connectivity index (χ1) is 8.19. The van der Waals surface area contributed by atoms with Crippen LogP contribution in [0.5, 0.6) is 0 Å².